The Balaban J connectivity index is 1.77. The van der Waals surface area contributed by atoms with Crippen molar-refractivity contribution in [3.05, 3.63) is 65.2 Å². The first-order valence-electron chi connectivity index (χ1n) is 6.69. The summed E-state index contributed by atoms with van der Waals surface area (Å²) >= 11 is 0. The molecule has 0 bridgehead atoms. The number of rotatable bonds is 5. The Labute approximate surface area is 118 Å². The SMILES string of the molecule is Cc1cc(OCC2CO2)ccc1C(=O)c1ccccc1. The molecule has 0 saturated carbocycles. The Morgan fingerprint density at radius 1 is 1.25 bits per heavy atom. The zero-order chi connectivity index (χ0) is 13.9. The molecule has 3 heteroatoms. The number of ketones is 1. The van der Waals surface area contributed by atoms with Crippen LogP contribution in [0.5, 0.6) is 5.75 Å². The van der Waals surface area contributed by atoms with Crippen molar-refractivity contribution in [2.75, 3.05) is 13.2 Å². The Bertz CT molecular complexity index is 615. The van der Waals surface area contributed by atoms with Gasteiger partial charge in [0.05, 0.1) is 6.61 Å². The van der Waals surface area contributed by atoms with Gasteiger partial charge in [-0.3, -0.25) is 4.79 Å². The second kappa shape index (κ2) is 5.47. The fourth-order valence-corrected chi connectivity index (χ4v) is 2.08. The lowest BCUT2D eigenvalue weighted by Crippen LogP contribution is -2.06. The minimum Gasteiger partial charge on any atom is -0.491 e. The van der Waals surface area contributed by atoms with Gasteiger partial charge in [0.25, 0.3) is 0 Å². The van der Waals surface area contributed by atoms with E-state index in [-0.39, 0.29) is 11.9 Å². The molecule has 0 N–H and O–H groups in total. The molecule has 1 fully saturated rings. The monoisotopic (exact) mass is 268 g/mol. The van der Waals surface area contributed by atoms with Crippen LogP contribution < -0.4 is 4.74 Å². The van der Waals surface area contributed by atoms with Crippen LogP contribution >= 0.6 is 0 Å². The van der Waals surface area contributed by atoms with Crippen molar-refractivity contribution in [3.8, 4) is 5.75 Å². The molecular weight excluding hydrogens is 252 g/mol. The summed E-state index contributed by atoms with van der Waals surface area (Å²) < 4.78 is 10.7. The number of hydrogen-bond acceptors (Lipinski definition) is 3. The van der Waals surface area contributed by atoms with E-state index in [0.29, 0.717) is 17.7 Å². The largest absolute Gasteiger partial charge is 0.491 e. The first kappa shape index (κ1) is 12.9. The first-order chi connectivity index (χ1) is 9.74. The summed E-state index contributed by atoms with van der Waals surface area (Å²) in [6.07, 6.45) is 0.237. The van der Waals surface area contributed by atoms with Gasteiger partial charge >= 0.3 is 0 Å². The number of hydrogen-bond donors (Lipinski definition) is 0. The first-order valence-corrected chi connectivity index (χ1v) is 6.69. The lowest BCUT2D eigenvalue weighted by atomic mass is 9.99. The van der Waals surface area contributed by atoms with Crippen LogP contribution in [-0.2, 0) is 4.74 Å². The normalized spacial score (nSPS) is 16.8. The molecule has 1 unspecified atom stereocenters. The van der Waals surface area contributed by atoms with Crippen LogP contribution in [0.1, 0.15) is 21.5 Å². The standard InChI is InChI=1S/C17H16O3/c1-12-9-14(19-10-15-11-20-15)7-8-16(12)17(18)13-5-3-2-4-6-13/h2-9,15H,10-11H2,1H3. The fourth-order valence-electron chi connectivity index (χ4n) is 2.08. The number of carbonyl (C=O) groups excluding carboxylic acids is 1. The van der Waals surface area contributed by atoms with E-state index in [1.807, 2.05) is 55.5 Å². The molecule has 1 aliphatic rings. The van der Waals surface area contributed by atoms with Crippen LogP contribution in [0.3, 0.4) is 0 Å². The minimum atomic E-state index is 0.0418. The van der Waals surface area contributed by atoms with Gasteiger partial charge < -0.3 is 9.47 Å². The van der Waals surface area contributed by atoms with Crippen LogP contribution in [0.2, 0.25) is 0 Å². The third-order valence-corrected chi connectivity index (χ3v) is 3.32. The van der Waals surface area contributed by atoms with Crippen molar-refractivity contribution in [1.29, 1.82) is 0 Å². The van der Waals surface area contributed by atoms with Gasteiger partial charge in [0, 0.05) is 11.1 Å². The molecule has 2 aromatic rings. The molecule has 2 aromatic carbocycles. The Hall–Kier alpha value is -2.13. The van der Waals surface area contributed by atoms with E-state index in [2.05, 4.69) is 0 Å². The maximum atomic E-state index is 12.4. The van der Waals surface area contributed by atoms with Crippen molar-refractivity contribution in [2.45, 2.75) is 13.0 Å². The van der Waals surface area contributed by atoms with Gasteiger partial charge in [0.2, 0.25) is 0 Å². The van der Waals surface area contributed by atoms with Crippen LogP contribution in [0.4, 0.5) is 0 Å². The summed E-state index contributed by atoms with van der Waals surface area (Å²) in [5, 5.41) is 0. The molecule has 1 atom stereocenters. The molecule has 0 spiro atoms. The number of ether oxygens (including phenoxy) is 2. The van der Waals surface area contributed by atoms with Crippen LogP contribution in [-0.4, -0.2) is 25.1 Å². The van der Waals surface area contributed by atoms with Crippen molar-refractivity contribution >= 4 is 5.78 Å². The van der Waals surface area contributed by atoms with E-state index >= 15 is 0 Å². The molecule has 0 amide bonds. The maximum absolute atomic E-state index is 12.4. The molecule has 102 valence electrons. The van der Waals surface area contributed by atoms with E-state index < -0.39 is 0 Å². The smallest absolute Gasteiger partial charge is 0.193 e. The van der Waals surface area contributed by atoms with E-state index in [4.69, 9.17) is 9.47 Å². The maximum Gasteiger partial charge on any atom is 0.193 e. The number of epoxide rings is 1. The van der Waals surface area contributed by atoms with Crippen LogP contribution in [0.25, 0.3) is 0 Å². The molecule has 3 nitrogen and oxygen atoms in total. The summed E-state index contributed by atoms with van der Waals surface area (Å²) in [4.78, 5) is 12.4. The molecule has 3 rings (SSSR count). The van der Waals surface area contributed by atoms with Crippen molar-refractivity contribution in [2.24, 2.45) is 0 Å². The molecular formula is C17H16O3. The Morgan fingerprint density at radius 2 is 2.00 bits per heavy atom. The zero-order valence-corrected chi connectivity index (χ0v) is 11.3. The van der Waals surface area contributed by atoms with E-state index in [9.17, 15) is 4.79 Å². The molecule has 0 radical (unpaired) electrons. The predicted molar refractivity (Wildman–Crippen MR) is 76.3 cm³/mol. The third kappa shape index (κ3) is 2.89. The van der Waals surface area contributed by atoms with Gasteiger partial charge in [-0.15, -0.1) is 0 Å². The summed E-state index contributed by atoms with van der Waals surface area (Å²) in [5.74, 6) is 0.822. The van der Waals surface area contributed by atoms with E-state index in [1.54, 1.807) is 0 Å². The lowest BCUT2D eigenvalue weighted by molar-refractivity contribution is 0.103. The quantitative estimate of drug-likeness (QED) is 0.618. The van der Waals surface area contributed by atoms with Gasteiger partial charge in [-0.2, -0.15) is 0 Å². The van der Waals surface area contributed by atoms with Gasteiger partial charge in [-0.05, 0) is 30.7 Å². The highest BCUT2D eigenvalue weighted by molar-refractivity contribution is 6.09. The number of aryl methyl sites for hydroxylation is 1. The van der Waals surface area contributed by atoms with Gasteiger partial charge in [-0.25, -0.2) is 0 Å². The average Bonchev–Trinajstić information content (AvgIpc) is 3.30. The predicted octanol–water partition coefficient (Wildman–Crippen LogP) is 3.00. The summed E-state index contributed by atoms with van der Waals surface area (Å²) in [5.41, 5.74) is 2.34. The minimum absolute atomic E-state index is 0.0418. The number of benzene rings is 2. The Kier molecular flexibility index (Phi) is 3.52. The highest BCUT2D eigenvalue weighted by Crippen LogP contribution is 2.21. The van der Waals surface area contributed by atoms with Gasteiger partial charge in [0.15, 0.2) is 5.78 Å². The van der Waals surface area contributed by atoms with Crippen molar-refractivity contribution < 1.29 is 14.3 Å². The molecule has 1 heterocycles. The Morgan fingerprint density at radius 3 is 2.65 bits per heavy atom. The van der Waals surface area contributed by atoms with E-state index in [1.165, 1.54) is 0 Å². The molecule has 1 saturated heterocycles. The summed E-state index contributed by atoms with van der Waals surface area (Å²) in [6.45, 7) is 3.28. The second-order valence-corrected chi connectivity index (χ2v) is 4.94. The van der Waals surface area contributed by atoms with Crippen LogP contribution in [0, 0.1) is 6.92 Å². The van der Waals surface area contributed by atoms with Gasteiger partial charge in [-0.1, -0.05) is 30.3 Å². The number of carbonyl (C=O) groups is 1. The molecule has 20 heavy (non-hydrogen) atoms. The van der Waals surface area contributed by atoms with Crippen LogP contribution in [0.15, 0.2) is 48.5 Å². The zero-order valence-electron chi connectivity index (χ0n) is 11.3. The summed E-state index contributed by atoms with van der Waals surface area (Å²) in [6, 6.07) is 14.9. The highest BCUT2D eigenvalue weighted by Gasteiger charge is 2.23. The molecule has 0 aromatic heterocycles. The van der Waals surface area contributed by atoms with Crippen molar-refractivity contribution in [3.63, 3.8) is 0 Å². The third-order valence-electron chi connectivity index (χ3n) is 3.32. The fraction of sp³-hybridized carbons (Fsp3) is 0.235. The topological polar surface area (TPSA) is 38.8 Å². The molecule has 0 aliphatic carbocycles. The average molecular weight is 268 g/mol. The van der Waals surface area contributed by atoms with E-state index in [0.717, 1.165) is 17.9 Å². The molecule has 1 aliphatic heterocycles. The lowest BCUT2D eigenvalue weighted by Gasteiger charge is -2.09. The second-order valence-electron chi connectivity index (χ2n) is 4.94. The van der Waals surface area contributed by atoms with Gasteiger partial charge in [0.1, 0.15) is 18.5 Å². The van der Waals surface area contributed by atoms with Crippen molar-refractivity contribution in [1.82, 2.24) is 0 Å². The highest BCUT2D eigenvalue weighted by atomic mass is 16.6. The summed E-state index contributed by atoms with van der Waals surface area (Å²) in [7, 11) is 0.